The summed E-state index contributed by atoms with van der Waals surface area (Å²) in [6.07, 6.45) is 0. The third-order valence-electron chi connectivity index (χ3n) is 4.98. The van der Waals surface area contributed by atoms with Gasteiger partial charge in [0, 0.05) is 13.1 Å². The van der Waals surface area contributed by atoms with E-state index in [2.05, 4.69) is 25.2 Å². The molecule has 1 aliphatic heterocycles. The number of imidazole rings is 1. The number of aromatic amines is 1. The largest absolute Gasteiger partial charge is 0.494 e. The average Bonchev–Trinajstić information content (AvgIpc) is 3.28. The molecular formula is C20H19N5O2S. The zero-order valence-electron chi connectivity index (χ0n) is 15.3. The van der Waals surface area contributed by atoms with Gasteiger partial charge in [-0.3, -0.25) is 4.79 Å². The predicted molar refractivity (Wildman–Crippen MR) is 110 cm³/mol. The zero-order chi connectivity index (χ0) is 19.1. The van der Waals surface area contributed by atoms with Crippen molar-refractivity contribution >= 4 is 43.6 Å². The minimum absolute atomic E-state index is 0.0294. The highest BCUT2D eigenvalue weighted by atomic mass is 32.1. The quantitative estimate of drug-likeness (QED) is 0.545. The predicted octanol–water partition coefficient (Wildman–Crippen LogP) is 2.93. The summed E-state index contributed by atoms with van der Waals surface area (Å²) in [7, 11) is 1.65. The van der Waals surface area contributed by atoms with Gasteiger partial charge in [0.2, 0.25) is 5.91 Å². The number of amides is 1. The van der Waals surface area contributed by atoms with Crippen molar-refractivity contribution in [1.82, 2.24) is 20.3 Å². The molecule has 0 atom stereocenters. The molecule has 0 unspecified atom stereocenters. The van der Waals surface area contributed by atoms with Gasteiger partial charge in [0.05, 0.1) is 35.3 Å². The van der Waals surface area contributed by atoms with Crippen LogP contribution < -0.4 is 15.0 Å². The number of methoxy groups -OCH3 is 1. The maximum absolute atomic E-state index is 12.4. The number of anilines is 1. The molecule has 7 nitrogen and oxygen atoms in total. The van der Waals surface area contributed by atoms with Crippen LogP contribution in [0.5, 0.6) is 5.75 Å². The summed E-state index contributed by atoms with van der Waals surface area (Å²) in [5.74, 6) is 1.57. The van der Waals surface area contributed by atoms with E-state index in [0.717, 1.165) is 38.0 Å². The van der Waals surface area contributed by atoms with Gasteiger partial charge in [-0.1, -0.05) is 29.5 Å². The summed E-state index contributed by atoms with van der Waals surface area (Å²) >= 11 is 1.63. The van der Waals surface area contributed by atoms with Crippen molar-refractivity contribution in [2.45, 2.75) is 6.54 Å². The van der Waals surface area contributed by atoms with Crippen molar-refractivity contribution in [3.8, 4) is 5.75 Å². The van der Waals surface area contributed by atoms with E-state index in [9.17, 15) is 4.79 Å². The van der Waals surface area contributed by atoms with Crippen LogP contribution in [0.2, 0.25) is 0 Å². The van der Waals surface area contributed by atoms with Gasteiger partial charge in [0.1, 0.15) is 17.1 Å². The topological polar surface area (TPSA) is 83.1 Å². The third-order valence-corrected chi connectivity index (χ3v) is 6.06. The number of benzene rings is 2. The van der Waals surface area contributed by atoms with E-state index in [0.29, 0.717) is 19.6 Å². The number of rotatable bonds is 5. The number of H-pyrrole nitrogens is 1. The van der Waals surface area contributed by atoms with Gasteiger partial charge in [-0.2, -0.15) is 0 Å². The molecule has 0 aliphatic carbocycles. The van der Waals surface area contributed by atoms with E-state index in [1.807, 2.05) is 42.5 Å². The number of hydrogen-bond acceptors (Lipinski definition) is 6. The number of hydrogen-bond donors (Lipinski definition) is 2. The van der Waals surface area contributed by atoms with Gasteiger partial charge in [0.25, 0.3) is 0 Å². The Morgan fingerprint density at radius 3 is 2.93 bits per heavy atom. The van der Waals surface area contributed by atoms with Gasteiger partial charge >= 0.3 is 0 Å². The van der Waals surface area contributed by atoms with Crippen molar-refractivity contribution in [3.63, 3.8) is 0 Å². The number of nitrogens with zero attached hydrogens (tertiary/aromatic N) is 3. The molecule has 1 aliphatic rings. The van der Waals surface area contributed by atoms with Gasteiger partial charge in [-0.05, 0) is 24.3 Å². The number of ether oxygens (including phenoxy) is 1. The second-order valence-corrected chi connectivity index (χ2v) is 7.83. The Morgan fingerprint density at radius 2 is 2.11 bits per heavy atom. The SMILES string of the molecule is COc1cccc2sc(N3CC(C(=O)NCc4nc5ccccc5[nH]4)C3)nc12. The van der Waals surface area contributed by atoms with Crippen LogP contribution in [0.15, 0.2) is 42.5 Å². The highest BCUT2D eigenvalue weighted by molar-refractivity contribution is 7.22. The molecule has 1 saturated heterocycles. The third kappa shape index (κ3) is 2.95. The van der Waals surface area contributed by atoms with Crippen LogP contribution in [0.1, 0.15) is 5.82 Å². The molecular weight excluding hydrogens is 374 g/mol. The second-order valence-electron chi connectivity index (χ2n) is 6.82. The number of aromatic nitrogens is 3. The monoisotopic (exact) mass is 393 g/mol. The molecule has 0 radical (unpaired) electrons. The standard InChI is InChI=1S/C20H19N5O2S/c1-27-15-7-4-8-16-18(15)24-20(28-16)25-10-12(11-25)19(26)21-9-17-22-13-5-2-3-6-14(13)23-17/h2-8,12H,9-11H2,1H3,(H,21,26)(H,22,23). The first kappa shape index (κ1) is 17.0. The van der Waals surface area contributed by atoms with E-state index < -0.39 is 0 Å². The summed E-state index contributed by atoms with van der Waals surface area (Å²) in [5.41, 5.74) is 2.77. The number of carbonyl (C=O) groups is 1. The molecule has 2 aromatic heterocycles. The fourth-order valence-electron chi connectivity index (χ4n) is 3.42. The number of fused-ring (bicyclic) bond motifs is 2. The van der Waals surface area contributed by atoms with Crippen LogP contribution in [0, 0.1) is 5.92 Å². The van der Waals surface area contributed by atoms with E-state index in [4.69, 9.17) is 4.74 Å². The van der Waals surface area contributed by atoms with Crippen molar-refractivity contribution in [2.75, 3.05) is 25.1 Å². The molecule has 0 bridgehead atoms. The number of para-hydroxylation sites is 3. The minimum Gasteiger partial charge on any atom is -0.494 e. The molecule has 142 valence electrons. The van der Waals surface area contributed by atoms with Crippen LogP contribution in [0.4, 0.5) is 5.13 Å². The average molecular weight is 393 g/mol. The Kier molecular flexibility index (Phi) is 4.12. The van der Waals surface area contributed by atoms with Crippen LogP contribution >= 0.6 is 11.3 Å². The van der Waals surface area contributed by atoms with Crippen molar-refractivity contribution in [2.24, 2.45) is 5.92 Å². The fraction of sp³-hybridized carbons (Fsp3) is 0.250. The number of nitrogens with one attached hydrogen (secondary N) is 2. The summed E-state index contributed by atoms with van der Waals surface area (Å²) in [6.45, 7) is 1.75. The molecule has 1 fully saturated rings. The van der Waals surface area contributed by atoms with Gasteiger partial charge < -0.3 is 19.9 Å². The van der Waals surface area contributed by atoms with E-state index in [1.165, 1.54) is 0 Å². The summed E-state index contributed by atoms with van der Waals surface area (Å²) in [6, 6.07) is 13.8. The van der Waals surface area contributed by atoms with E-state index in [1.54, 1.807) is 18.4 Å². The maximum Gasteiger partial charge on any atom is 0.227 e. The smallest absolute Gasteiger partial charge is 0.227 e. The Hall–Kier alpha value is -3.13. The van der Waals surface area contributed by atoms with Gasteiger partial charge in [-0.15, -0.1) is 0 Å². The Labute approximate surface area is 165 Å². The fourth-order valence-corrected chi connectivity index (χ4v) is 4.42. The molecule has 2 aromatic carbocycles. The summed E-state index contributed by atoms with van der Waals surface area (Å²) in [4.78, 5) is 27.0. The Morgan fingerprint density at radius 1 is 1.25 bits per heavy atom. The Balaban J connectivity index is 1.20. The molecule has 1 amide bonds. The van der Waals surface area contributed by atoms with Crippen molar-refractivity contribution < 1.29 is 9.53 Å². The van der Waals surface area contributed by atoms with Crippen LogP contribution in [-0.4, -0.2) is 41.1 Å². The lowest BCUT2D eigenvalue weighted by atomic mass is 10.0. The summed E-state index contributed by atoms with van der Waals surface area (Å²) < 4.78 is 6.47. The molecule has 8 heteroatoms. The normalized spacial score (nSPS) is 14.4. The highest BCUT2D eigenvalue weighted by Crippen LogP contribution is 2.36. The van der Waals surface area contributed by atoms with Crippen molar-refractivity contribution in [3.05, 3.63) is 48.3 Å². The molecule has 2 N–H and O–H groups in total. The Bertz CT molecular complexity index is 1130. The lowest BCUT2D eigenvalue weighted by Crippen LogP contribution is -2.53. The minimum atomic E-state index is -0.0294. The molecule has 3 heterocycles. The molecule has 0 saturated carbocycles. The van der Waals surface area contributed by atoms with E-state index >= 15 is 0 Å². The molecule has 5 rings (SSSR count). The zero-order valence-corrected chi connectivity index (χ0v) is 16.1. The van der Waals surface area contributed by atoms with Crippen LogP contribution in [-0.2, 0) is 11.3 Å². The van der Waals surface area contributed by atoms with E-state index in [-0.39, 0.29) is 11.8 Å². The van der Waals surface area contributed by atoms with Crippen molar-refractivity contribution in [1.29, 1.82) is 0 Å². The molecule has 4 aromatic rings. The first-order chi connectivity index (χ1) is 13.7. The summed E-state index contributed by atoms with van der Waals surface area (Å²) in [5, 5.41) is 3.91. The first-order valence-electron chi connectivity index (χ1n) is 9.11. The number of carbonyl (C=O) groups excluding carboxylic acids is 1. The van der Waals surface area contributed by atoms with Crippen LogP contribution in [0.25, 0.3) is 21.3 Å². The van der Waals surface area contributed by atoms with Gasteiger partial charge in [0.15, 0.2) is 5.13 Å². The second kappa shape index (κ2) is 6.79. The number of thiazole rings is 1. The van der Waals surface area contributed by atoms with Gasteiger partial charge in [-0.25, -0.2) is 9.97 Å². The first-order valence-corrected chi connectivity index (χ1v) is 9.93. The molecule has 28 heavy (non-hydrogen) atoms. The highest BCUT2D eigenvalue weighted by Gasteiger charge is 2.34. The lowest BCUT2D eigenvalue weighted by Gasteiger charge is -2.37. The lowest BCUT2D eigenvalue weighted by molar-refractivity contribution is -0.125. The van der Waals surface area contributed by atoms with Crippen LogP contribution in [0.3, 0.4) is 0 Å². The molecule has 0 spiro atoms. The maximum atomic E-state index is 12.4.